The van der Waals surface area contributed by atoms with Crippen LogP contribution < -0.4 is 10.1 Å². The number of nitrogens with one attached hydrogen (secondary N) is 1. The first-order valence-electron chi connectivity index (χ1n) is 7.93. The smallest absolute Gasteiger partial charge is 0.341 e. The molecule has 0 atom stereocenters. The van der Waals surface area contributed by atoms with Gasteiger partial charge in [-0.25, -0.2) is 9.78 Å². The molecule has 0 bridgehead atoms. The lowest BCUT2D eigenvalue weighted by molar-refractivity contribution is -0.139. The van der Waals surface area contributed by atoms with Gasteiger partial charge in [-0.3, -0.25) is 4.79 Å². The van der Waals surface area contributed by atoms with Crippen LogP contribution in [0.15, 0.2) is 29.8 Å². The van der Waals surface area contributed by atoms with Crippen LogP contribution in [0.2, 0.25) is 0 Å². The number of carboxylic acid groups (broad SMARTS) is 1. The van der Waals surface area contributed by atoms with Gasteiger partial charge in [-0.2, -0.15) is 0 Å². The molecule has 1 aromatic heterocycles. The minimum absolute atomic E-state index is 0.103. The molecule has 0 fully saturated rings. The molecule has 0 radical (unpaired) electrons. The van der Waals surface area contributed by atoms with Crippen LogP contribution in [-0.2, 0) is 16.6 Å². The van der Waals surface area contributed by atoms with E-state index < -0.39 is 5.97 Å². The zero-order valence-corrected chi connectivity index (χ0v) is 15.4. The molecule has 134 valence electrons. The van der Waals surface area contributed by atoms with Crippen LogP contribution in [0.3, 0.4) is 0 Å². The summed E-state index contributed by atoms with van der Waals surface area (Å²) in [6.07, 6.45) is 0.675. The Hall–Kier alpha value is -2.41. The molecule has 25 heavy (non-hydrogen) atoms. The first-order chi connectivity index (χ1) is 11.8. The second-order valence-corrected chi connectivity index (χ2v) is 7.47. The SMILES string of the molecule is CC(C)(C)c1ncsc1C(=O)NCCc1ccc(OCC(=O)O)cc1. The molecule has 7 heteroatoms. The quantitative estimate of drug-likeness (QED) is 0.791. The number of thiazole rings is 1. The number of amides is 1. The van der Waals surface area contributed by atoms with Gasteiger partial charge in [-0.1, -0.05) is 32.9 Å². The summed E-state index contributed by atoms with van der Waals surface area (Å²) < 4.78 is 5.08. The zero-order valence-electron chi connectivity index (χ0n) is 14.5. The van der Waals surface area contributed by atoms with Crippen molar-refractivity contribution < 1.29 is 19.4 Å². The number of rotatable bonds is 7. The van der Waals surface area contributed by atoms with E-state index in [1.54, 1.807) is 17.6 Å². The van der Waals surface area contributed by atoms with Gasteiger partial charge in [0.1, 0.15) is 10.6 Å². The minimum Gasteiger partial charge on any atom is -0.482 e. The topological polar surface area (TPSA) is 88.5 Å². The summed E-state index contributed by atoms with van der Waals surface area (Å²) in [4.78, 5) is 27.8. The highest BCUT2D eigenvalue weighted by Crippen LogP contribution is 2.26. The molecule has 1 aromatic carbocycles. The second kappa shape index (κ2) is 8.11. The van der Waals surface area contributed by atoms with E-state index in [-0.39, 0.29) is 17.9 Å². The van der Waals surface area contributed by atoms with Crippen LogP contribution in [-0.4, -0.2) is 35.1 Å². The zero-order chi connectivity index (χ0) is 18.4. The maximum absolute atomic E-state index is 12.4. The third-order valence-corrected chi connectivity index (χ3v) is 4.29. The Morgan fingerprint density at radius 3 is 2.52 bits per heavy atom. The van der Waals surface area contributed by atoms with E-state index in [4.69, 9.17) is 9.84 Å². The molecule has 2 aromatic rings. The number of aliphatic carboxylic acids is 1. The first-order valence-corrected chi connectivity index (χ1v) is 8.81. The molecular weight excluding hydrogens is 340 g/mol. The van der Waals surface area contributed by atoms with Crippen LogP contribution in [0.4, 0.5) is 0 Å². The van der Waals surface area contributed by atoms with Gasteiger partial charge < -0.3 is 15.2 Å². The molecule has 1 amide bonds. The lowest BCUT2D eigenvalue weighted by atomic mass is 9.91. The van der Waals surface area contributed by atoms with Crippen molar-refractivity contribution in [3.8, 4) is 5.75 Å². The number of carbonyl (C=O) groups excluding carboxylic acids is 1. The van der Waals surface area contributed by atoms with Crippen molar-refractivity contribution in [2.24, 2.45) is 0 Å². The Morgan fingerprint density at radius 2 is 1.92 bits per heavy atom. The number of hydrogen-bond donors (Lipinski definition) is 2. The fourth-order valence-electron chi connectivity index (χ4n) is 2.24. The summed E-state index contributed by atoms with van der Waals surface area (Å²) in [6.45, 7) is 6.25. The van der Waals surface area contributed by atoms with E-state index >= 15 is 0 Å². The van der Waals surface area contributed by atoms with Gasteiger partial charge in [0.15, 0.2) is 6.61 Å². The Bertz CT molecular complexity index is 732. The van der Waals surface area contributed by atoms with Gasteiger partial charge in [0.2, 0.25) is 0 Å². The van der Waals surface area contributed by atoms with Crippen molar-refractivity contribution in [3.05, 3.63) is 45.9 Å². The minimum atomic E-state index is -1.01. The Morgan fingerprint density at radius 1 is 1.24 bits per heavy atom. The van der Waals surface area contributed by atoms with Gasteiger partial charge in [0.25, 0.3) is 5.91 Å². The van der Waals surface area contributed by atoms with Crippen molar-refractivity contribution in [3.63, 3.8) is 0 Å². The van der Waals surface area contributed by atoms with Crippen molar-refractivity contribution in [1.82, 2.24) is 10.3 Å². The second-order valence-electron chi connectivity index (χ2n) is 6.61. The summed E-state index contributed by atoms with van der Waals surface area (Å²) in [5.41, 5.74) is 3.38. The summed E-state index contributed by atoms with van der Waals surface area (Å²) in [6, 6.07) is 7.16. The van der Waals surface area contributed by atoms with E-state index in [0.29, 0.717) is 23.6 Å². The third-order valence-electron chi connectivity index (χ3n) is 3.47. The molecule has 1 heterocycles. The van der Waals surface area contributed by atoms with E-state index in [0.717, 1.165) is 11.3 Å². The first kappa shape index (κ1) is 18.9. The molecule has 0 spiro atoms. The van der Waals surface area contributed by atoms with E-state index in [9.17, 15) is 9.59 Å². The van der Waals surface area contributed by atoms with Crippen LogP contribution in [0.25, 0.3) is 0 Å². The fraction of sp³-hybridized carbons (Fsp3) is 0.389. The predicted octanol–water partition coefficient (Wildman–Crippen LogP) is 2.88. The van der Waals surface area contributed by atoms with Crippen LogP contribution in [0, 0.1) is 0 Å². The highest BCUT2D eigenvalue weighted by atomic mass is 32.1. The maximum Gasteiger partial charge on any atom is 0.341 e. The predicted molar refractivity (Wildman–Crippen MR) is 96.4 cm³/mol. The van der Waals surface area contributed by atoms with Gasteiger partial charge in [-0.15, -0.1) is 11.3 Å². The van der Waals surface area contributed by atoms with Crippen molar-refractivity contribution >= 4 is 23.2 Å². The standard InChI is InChI=1S/C18H22N2O4S/c1-18(2,3)16-15(25-11-20-16)17(23)19-9-8-12-4-6-13(7-5-12)24-10-14(21)22/h4-7,11H,8-10H2,1-3H3,(H,19,23)(H,21,22). The molecule has 0 aliphatic carbocycles. The van der Waals surface area contributed by atoms with Crippen LogP contribution in [0.5, 0.6) is 5.75 Å². The van der Waals surface area contributed by atoms with Crippen molar-refractivity contribution in [1.29, 1.82) is 0 Å². The molecule has 2 rings (SSSR count). The number of carbonyl (C=O) groups is 2. The lowest BCUT2D eigenvalue weighted by Crippen LogP contribution is -2.27. The summed E-state index contributed by atoms with van der Waals surface area (Å²) in [5.74, 6) is -0.604. The molecule has 0 unspecified atom stereocenters. The molecule has 0 aliphatic heterocycles. The molecule has 6 nitrogen and oxygen atoms in total. The third kappa shape index (κ3) is 5.56. The molecular formula is C18H22N2O4S. The average Bonchev–Trinajstić information content (AvgIpc) is 3.04. The summed E-state index contributed by atoms with van der Waals surface area (Å²) in [5, 5.41) is 11.5. The van der Waals surface area contributed by atoms with Crippen LogP contribution >= 0.6 is 11.3 Å². The summed E-state index contributed by atoms with van der Waals surface area (Å²) in [7, 11) is 0. The van der Waals surface area contributed by atoms with Crippen molar-refractivity contribution in [2.45, 2.75) is 32.6 Å². The highest BCUT2D eigenvalue weighted by Gasteiger charge is 2.24. The normalized spacial score (nSPS) is 11.2. The largest absolute Gasteiger partial charge is 0.482 e. The number of carboxylic acids is 1. The Balaban J connectivity index is 1.85. The maximum atomic E-state index is 12.4. The number of ether oxygens (including phenoxy) is 1. The summed E-state index contributed by atoms with van der Waals surface area (Å²) >= 11 is 1.35. The van der Waals surface area contributed by atoms with Gasteiger partial charge in [0, 0.05) is 12.0 Å². The molecule has 0 saturated carbocycles. The van der Waals surface area contributed by atoms with Crippen molar-refractivity contribution in [2.75, 3.05) is 13.2 Å². The van der Waals surface area contributed by atoms with Gasteiger partial charge in [0.05, 0.1) is 11.2 Å². The Labute approximate surface area is 150 Å². The number of benzene rings is 1. The number of nitrogens with zero attached hydrogens (tertiary/aromatic N) is 1. The van der Waals surface area contributed by atoms with E-state index in [1.165, 1.54) is 11.3 Å². The Kier molecular flexibility index (Phi) is 6.14. The molecule has 0 saturated heterocycles. The lowest BCUT2D eigenvalue weighted by Gasteiger charge is -2.17. The molecule has 0 aliphatic rings. The average molecular weight is 362 g/mol. The van der Waals surface area contributed by atoms with E-state index in [1.807, 2.05) is 32.9 Å². The van der Waals surface area contributed by atoms with Gasteiger partial charge in [-0.05, 0) is 24.1 Å². The fourth-order valence-corrected chi connectivity index (χ4v) is 3.15. The highest BCUT2D eigenvalue weighted by molar-refractivity contribution is 7.11. The monoisotopic (exact) mass is 362 g/mol. The number of hydrogen-bond acceptors (Lipinski definition) is 5. The van der Waals surface area contributed by atoms with Gasteiger partial charge >= 0.3 is 5.97 Å². The van der Waals surface area contributed by atoms with Crippen LogP contribution in [0.1, 0.15) is 41.7 Å². The number of aromatic nitrogens is 1. The van der Waals surface area contributed by atoms with E-state index in [2.05, 4.69) is 10.3 Å². The molecule has 2 N–H and O–H groups in total.